The lowest BCUT2D eigenvalue weighted by Crippen LogP contribution is -2.46. The molecule has 0 bridgehead atoms. The largest absolute Gasteiger partial charge is 0.481 e. The molecule has 0 aliphatic carbocycles. The van der Waals surface area contributed by atoms with E-state index in [0.29, 0.717) is 54.8 Å². The summed E-state index contributed by atoms with van der Waals surface area (Å²) >= 11 is 7.87. The van der Waals surface area contributed by atoms with E-state index in [4.69, 9.17) is 36.6 Å². The van der Waals surface area contributed by atoms with Crippen LogP contribution >= 0.6 is 22.9 Å². The Morgan fingerprint density at radius 3 is 2.90 bits per heavy atom. The lowest BCUT2D eigenvalue weighted by molar-refractivity contribution is -0.146. The SMILES string of the molecule is CCOC(=N)CC1=C(CN2CCO[C@H](CCC(F)(F)CC(=O)O)C2)NC(c2nccs2)=N[C@H]1c1ccc(F)cc1Cl. The molecule has 4 rings (SSSR count). The molecule has 3 heterocycles. The van der Waals surface area contributed by atoms with E-state index in [9.17, 15) is 18.0 Å². The molecule has 41 heavy (non-hydrogen) atoms. The number of alkyl halides is 2. The van der Waals surface area contributed by atoms with Crippen LogP contribution in [0.3, 0.4) is 0 Å². The van der Waals surface area contributed by atoms with Gasteiger partial charge in [-0.15, -0.1) is 11.3 Å². The highest BCUT2D eigenvalue weighted by Gasteiger charge is 2.35. The van der Waals surface area contributed by atoms with E-state index in [0.717, 1.165) is 5.70 Å². The Bertz CT molecular complexity index is 1310. The normalized spacial score (nSPS) is 20.0. The molecule has 0 unspecified atom stereocenters. The van der Waals surface area contributed by atoms with E-state index in [1.165, 1.54) is 23.5 Å². The molecular weight excluding hydrogens is 583 g/mol. The highest BCUT2D eigenvalue weighted by atomic mass is 35.5. The number of carboxylic acids is 1. The maximum atomic E-state index is 14.0. The number of nitrogens with zero attached hydrogens (tertiary/aromatic N) is 3. The van der Waals surface area contributed by atoms with Gasteiger partial charge in [-0.2, -0.15) is 0 Å². The molecule has 1 aromatic heterocycles. The summed E-state index contributed by atoms with van der Waals surface area (Å²) in [5.74, 6) is -4.84. The molecule has 1 saturated heterocycles. The van der Waals surface area contributed by atoms with Gasteiger partial charge in [0.15, 0.2) is 16.7 Å². The van der Waals surface area contributed by atoms with E-state index in [2.05, 4.69) is 10.3 Å². The van der Waals surface area contributed by atoms with Gasteiger partial charge in [0.05, 0.1) is 19.3 Å². The number of aliphatic imine (C=N–C) groups is 1. The number of thiazole rings is 1. The van der Waals surface area contributed by atoms with E-state index in [-0.39, 0.29) is 23.8 Å². The van der Waals surface area contributed by atoms with Crippen molar-refractivity contribution in [2.45, 2.75) is 50.7 Å². The summed E-state index contributed by atoms with van der Waals surface area (Å²) in [5, 5.41) is 23.1. The average molecular weight is 614 g/mol. The Balaban J connectivity index is 1.63. The van der Waals surface area contributed by atoms with Crippen LogP contribution in [0.1, 0.15) is 49.2 Å². The molecule has 2 atom stereocenters. The first kappa shape index (κ1) is 30.9. The summed E-state index contributed by atoms with van der Waals surface area (Å²) in [5.41, 5.74) is 1.98. The molecule has 9 nitrogen and oxygen atoms in total. The van der Waals surface area contributed by atoms with Crippen LogP contribution in [0.2, 0.25) is 5.02 Å². The zero-order chi connectivity index (χ0) is 29.6. The fourth-order valence-electron chi connectivity index (χ4n) is 4.80. The molecule has 0 radical (unpaired) electrons. The van der Waals surface area contributed by atoms with Gasteiger partial charge >= 0.3 is 5.97 Å². The molecule has 0 spiro atoms. The highest BCUT2D eigenvalue weighted by molar-refractivity contribution is 7.11. The summed E-state index contributed by atoms with van der Waals surface area (Å²) in [4.78, 5) is 22.1. The Morgan fingerprint density at radius 2 is 2.22 bits per heavy atom. The van der Waals surface area contributed by atoms with Crippen LogP contribution in [0, 0.1) is 11.2 Å². The lowest BCUT2D eigenvalue weighted by atomic mass is 9.92. The minimum absolute atomic E-state index is 0.00470. The number of amidine groups is 1. The van der Waals surface area contributed by atoms with Crippen molar-refractivity contribution in [1.82, 2.24) is 15.2 Å². The molecule has 222 valence electrons. The van der Waals surface area contributed by atoms with Crippen LogP contribution < -0.4 is 5.32 Å². The number of nitrogens with one attached hydrogen (secondary N) is 2. The molecule has 1 aromatic carbocycles. The first-order valence-electron chi connectivity index (χ1n) is 13.1. The first-order valence-corrected chi connectivity index (χ1v) is 14.4. The number of aromatic nitrogens is 1. The van der Waals surface area contributed by atoms with Gasteiger partial charge in [0.1, 0.15) is 18.3 Å². The van der Waals surface area contributed by atoms with Crippen molar-refractivity contribution in [3.05, 3.63) is 62.5 Å². The standard InChI is InChI=1S/C27H31ClF3N5O4S/c1-2-39-22(32)12-19-21(15-36-8-9-40-17(14-36)5-6-27(30,31)13-23(37)38)34-25(26-33-7-10-41-26)35-24(19)18-4-3-16(29)11-20(18)28/h3-4,7,10-11,17,24,32H,2,5-6,8-9,12-15H2,1H3,(H,34,35)(H,37,38)/t17-,24+/m1/s1. The number of rotatable bonds is 12. The summed E-state index contributed by atoms with van der Waals surface area (Å²) in [6.07, 6.45) is -0.556. The maximum Gasteiger partial charge on any atom is 0.309 e. The molecule has 2 aromatic rings. The van der Waals surface area contributed by atoms with Crippen molar-refractivity contribution in [2.75, 3.05) is 32.8 Å². The number of hydrogen-bond donors (Lipinski definition) is 3. The molecule has 0 amide bonds. The zero-order valence-corrected chi connectivity index (χ0v) is 23.9. The van der Waals surface area contributed by atoms with Gasteiger partial charge in [-0.3, -0.25) is 20.1 Å². The summed E-state index contributed by atoms with van der Waals surface area (Å²) in [7, 11) is 0. The highest BCUT2D eigenvalue weighted by Crippen LogP contribution is 2.38. The van der Waals surface area contributed by atoms with Crippen molar-refractivity contribution in [1.29, 1.82) is 5.41 Å². The Kier molecular flexibility index (Phi) is 10.4. The number of carbonyl (C=O) groups is 1. The zero-order valence-electron chi connectivity index (χ0n) is 22.3. The fraction of sp³-hybridized carbons (Fsp3) is 0.481. The second-order valence-corrected chi connectivity index (χ2v) is 11.0. The summed E-state index contributed by atoms with van der Waals surface area (Å²) in [6.45, 7) is 3.62. The van der Waals surface area contributed by atoms with Gasteiger partial charge in [-0.25, -0.2) is 18.2 Å². The second-order valence-electron chi connectivity index (χ2n) is 9.74. The third-order valence-corrected chi connectivity index (χ3v) is 7.76. The summed E-state index contributed by atoms with van der Waals surface area (Å²) < 4.78 is 53.2. The monoisotopic (exact) mass is 613 g/mol. The average Bonchev–Trinajstić information content (AvgIpc) is 3.44. The van der Waals surface area contributed by atoms with Crippen LogP contribution in [0.5, 0.6) is 0 Å². The predicted molar refractivity (Wildman–Crippen MR) is 150 cm³/mol. The van der Waals surface area contributed by atoms with E-state index >= 15 is 0 Å². The van der Waals surface area contributed by atoms with Crippen molar-refractivity contribution < 1.29 is 32.5 Å². The molecule has 1 fully saturated rings. The van der Waals surface area contributed by atoms with Crippen molar-refractivity contribution in [3.8, 4) is 0 Å². The quantitative estimate of drug-likeness (QED) is 0.220. The van der Waals surface area contributed by atoms with Crippen molar-refractivity contribution >= 4 is 40.6 Å². The number of morpholine rings is 1. The van der Waals surface area contributed by atoms with E-state index in [1.807, 2.05) is 10.3 Å². The molecule has 2 aliphatic heterocycles. The Morgan fingerprint density at radius 1 is 1.41 bits per heavy atom. The molecule has 3 N–H and O–H groups in total. The third-order valence-electron chi connectivity index (χ3n) is 6.65. The van der Waals surface area contributed by atoms with Crippen LogP contribution in [0.15, 0.2) is 46.0 Å². The maximum absolute atomic E-state index is 14.0. The second kappa shape index (κ2) is 13.8. The van der Waals surface area contributed by atoms with Crippen LogP contribution in [-0.4, -0.2) is 77.6 Å². The predicted octanol–water partition coefficient (Wildman–Crippen LogP) is 5.28. The number of aliphatic carboxylic acids is 1. The number of hydrogen-bond acceptors (Lipinski definition) is 9. The van der Waals surface area contributed by atoms with Gasteiger partial charge in [-0.05, 0) is 36.6 Å². The number of carboxylic acid groups (broad SMARTS) is 1. The van der Waals surface area contributed by atoms with E-state index in [1.54, 1.807) is 19.2 Å². The van der Waals surface area contributed by atoms with Crippen LogP contribution in [0.25, 0.3) is 0 Å². The molecule has 2 aliphatic rings. The minimum Gasteiger partial charge on any atom is -0.481 e. The topological polar surface area (TPSA) is 120 Å². The van der Waals surface area contributed by atoms with Crippen molar-refractivity contribution in [3.63, 3.8) is 0 Å². The number of ether oxygens (including phenoxy) is 2. The number of benzene rings is 1. The Labute approximate surface area is 244 Å². The van der Waals surface area contributed by atoms with Gasteiger partial charge in [0, 0.05) is 54.8 Å². The van der Waals surface area contributed by atoms with E-state index < -0.39 is 42.7 Å². The van der Waals surface area contributed by atoms with Crippen LogP contribution in [0.4, 0.5) is 13.2 Å². The number of halogens is 4. The molecule has 14 heteroatoms. The van der Waals surface area contributed by atoms with Gasteiger partial charge in [-0.1, -0.05) is 17.7 Å². The molecule has 0 saturated carbocycles. The van der Waals surface area contributed by atoms with Gasteiger partial charge in [0.2, 0.25) is 0 Å². The summed E-state index contributed by atoms with van der Waals surface area (Å²) in [6, 6.07) is 3.43. The van der Waals surface area contributed by atoms with Crippen LogP contribution in [-0.2, 0) is 14.3 Å². The third kappa shape index (κ3) is 8.51. The fourth-order valence-corrected chi connectivity index (χ4v) is 5.66. The smallest absolute Gasteiger partial charge is 0.309 e. The van der Waals surface area contributed by atoms with Crippen molar-refractivity contribution in [2.24, 2.45) is 4.99 Å². The minimum atomic E-state index is -3.32. The Hall–Kier alpha value is -3.00. The van der Waals surface area contributed by atoms with Gasteiger partial charge < -0.3 is 19.9 Å². The lowest BCUT2D eigenvalue weighted by Gasteiger charge is -2.36. The molecular formula is C27H31ClF3N5O4S. The van der Waals surface area contributed by atoms with Gasteiger partial charge in [0.25, 0.3) is 5.92 Å². The first-order chi connectivity index (χ1) is 19.5.